The summed E-state index contributed by atoms with van der Waals surface area (Å²) in [5.74, 6) is -0.992. The Morgan fingerprint density at radius 2 is 1.88 bits per heavy atom. The average Bonchev–Trinajstić information content (AvgIpc) is 2.83. The van der Waals surface area contributed by atoms with Gasteiger partial charge in [0.15, 0.2) is 0 Å². The second-order valence-corrected chi connectivity index (χ2v) is 7.26. The van der Waals surface area contributed by atoms with Crippen LogP contribution in [0, 0.1) is 22.7 Å². The number of ether oxygens (including phenoxy) is 1. The Hall–Kier alpha value is -4.40. The number of benzene rings is 2. The number of rotatable bonds is 7. The molecular weight excluding hydrogens is 444 g/mol. The van der Waals surface area contributed by atoms with E-state index in [1.807, 2.05) is 12.1 Å². The molecule has 0 aliphatic heterocycles. The number of anilines is 1. The molecule has 2 aromatic carbocycles. The van der Waals surface area contributed by atoms with E-state index in [0.717, 1.165) is 0 Å². The number of hydrogen-bond donors (Lipinski definition) is 1. The summed E-state index contributed by atoms with van der Waals surface area (Å²) in [6.07, 6.45) is 1.20. The van der Waals surface area contributed by atoms with Gasteiger partial charge in [-0.25, -0.2) is 4.98 Å². The summed E-state index contributed by atoms with van der Waals surface area (Å²) in [5, 5.41) is 27.6. The van der Waals surface area contributed by atoms with Crippen LogP contribution in [0.3, 0.4) is 0 Å². The van der Waals surface area contributed by atoms with Crippen LogP contribution in [-0.2, 0) is 4.79 Å². The Labute approximate surface area is 194 Å². The van der Waals surface area contributed by atoms with Gasteiger partial charge in [-0.1, -0.05) is 23.7 Å². The average molecular weight is 461 g/mol. The van der Waals surface area contributed by atoms with Crippen LogP contribution in [0.15, 0.2) is 54.7 Å². The number of carbonyl (C=O) groups excluding carboxylic acids is 1. The highest BCUT2D eigenvalue weighted by Crippen LogP contribution is 2.33. The lowest BCUT2D eigenvalue weighted by Gasteiger charge is -2.21. The number of nitrogens with zero attached hydrogens (tertiary/aromatic N) is 4. The van der Waals surface area contributed by atoms with Crippen LogP contribution in [0.25, 0.3) is 11.1 Å². The molecule has 3 aromatic rings. The van der Waals surface area contributed by atoms with Crippen LogP contribution in [0.4, 0.5) is 5.69 Å². The van der Waals surface area contributed by atoms with Crippen LogP contribution < -0.4 is 9.64 Å². The Balaban J connectivity index is 1.95. The van der Waals surface area contributed by atoms with E-state index >= 15 is 0 Å². The minimum absolute atomic E-state index is 0.0396. The van der Waals surface area contributed by atoms with Crippen molar-refractivity contribution in [2.75, 3.05) is 18.6 Å². The van der Waals surface area contributed by atoms with Crippen LogP contribution in [-0.4, -0.2) is 35.6 Å². The first kappa shape index (κ1) is 23.3. The first-order chi connectivity index (χ1) is 15.8. The maximum atomic E-state index is 13.2. The van der Waals surface area contributed by atoms with Gasteiger partial charge in [0.25, 0.3) is 5.91 Å². The number of aromatic nitrogens is 1. The second kappa shape index (κ2) is 10.3. The third kappa shape index (κ3) is 5.27. The summed E-state index contributed by atoms with van der Waals surface area (Å²) >= 11 is 6.35. The number of nitriles is 2. The number of amides is 1. The van der Waals surface area contributed by atoms with Gasteiger partial charge in [-0.05, 0) is 36.4 Å². The topological polar surface area (TPSA) is 127 Å². The standard InChI is InChI=1S/C24H17ClN4O4/c1-29(21-4-2-3-5-22(21)33-9-8-23(30)31)24(32)15-6-7-20(25)18(11-15)19-14-28-17(13-27)10-16(19)12-26/h2-7,10-11,14H,8-9H2,1H3,(H,30,31). The molecule has 0 bridgehead atoms. The van der Waals surface area contributed by atoms with Crippen LogP contribution in [0.1, 0.15) is 28.0 Å². The van der Waals surface area contributed by atoms with Gasteiger partial charge >= 0.3 is 5.97 Å². The van der Waals surface area contributed by atoms with Gasteiger partial charge < -0.3 is 14.7 Å². The van der Waals surface area contributed by atoms with Crippen molar-refractivity contribution < 1.29 is 19.4 Å². The monoisotopic (exact) mass is 460 g/mol. The smallest absolute Gasteiger partial charge is 0.306 e. The minimum Gasteiger partial charge on any atom is -0.491 e. The molecule has 0 unspecified atom stereocenters. The SMILES string of the molecule is CN(C(=O)c1ccc(Cl)c(-c2cnc(C#N)cc2C#N)c1)c1ccccc1OCCC(=O)O. The highest BCUT2D eigenvalue weighted by molar-refractivity contribution is 6.33. The molecule has 0 atom stereocenters. The number of pyridine rings is 1. The molecule has 1 aromatic heterocycles. The van der Waals surface area contributed by atoms with Crippen molar-refractivity contribution in [3.8, 4) is 29.0 Å². The molecule has 1 heterocycles. The lowest BCUT2D eigenvalue weighted by atomic mass is 9.99. The molecule has 0 saturated heterocycles. The number of aliphatic carboxylic acids is 1. The zero-order valence-electron chi connectivity index (χ0n) is 17.4. The first-order valence-electron chi connectivity index (χ1n) is 9.67. The molecule has 164 valence electrons. The zero-order valence-corrected chi connectivity index (χ0v) is 18.2. The fourth-order valence-electron chi connectivity index (χ4n) is 3.10. The quantitative estimate of drug-likeness (QED) is 0.557. The minimum atomic E-state index is -0.986. The highest BCUT2D eigenvalue weighted by atomic mass is 35.5. The summed E-state index contributed by atoms with van der Waals surface area (Å²) in [6, 6.07) is 16.7. The van der Waals surface area contributed by atoms with E-state index in [2.05, 4.69) is 4.98 Å². The van der Waals surface area contributed by atoms with E-state index in [4.69, 9.17) is 26.7 Å². The fraction of sp³-hybridized carbons (Fsp3) is 0.125. The van der Waals surface area contributed by atoms with Crippen molar-refractivity contribution in [2.45, 2.75) is 6.42 Å². The summed E-state index contributed by atoms with van der Waals surface area (Å²) < 4.78 is 5.55. The van der Waals surface area contributed by atoms with Crippen molar-refractivity contribution in [3.05, 3.63) is 76.6 Å². The first-order valence-corrected chi connectivity index (χ1v) is 10.1. The predicted molar refractivity (Wildman–Crippen MR) is 121 cm³/mol. The number of hydrogen-bond acceptors (Lipinski definition) is 6. The third-order valence-electron chi connectivity index (χ3n) is 4.75. The van der Waals surface area contributed by atoms with E-state index in [1.54, 1.807) is 49.5 Å². The molecule has 0 radical (unpaired) electrons. The summed E-state index contributed by atoms with van der Waals surface area (Å²) in [4.78, 5) is 29.4. The summed E-state index contributed by atoms with van der Waals surface area (Å²) in [5.41, 5.74) is 1.88. The molecule has 3 rings (SSSR count). The molecule has 0 aliphatic carbocycles. The second-order valence-electron chi connectivity index (χ2n) is 6.86. The van der Waals surface area contributed by atoms with Gasteiger partial charge in [-0.2, -0.15) is 10.5 Å². The van der Waals surface area contributed by atoms with Crippen molar-refractivity contribution in [2.24, 2.45) is 0 Å². The Bertz CT molecular complexity index is 1310. The lowest BCUT2D eigenvalue weighted by molar-refractivity contribution is -0.137. The zero-order chi connectivity index (χ0) is 24.0. The Morgan fingerprint density at radius 1 is 1.12 bits per heavy atom. The van der Waals surface area contributed by atoms with Crippen molar-refractivity contribution in [1.82, 2.24) is 4.98 Å². The van der Waals surface area contributed by atoms with Gasteiger partial charge in [-0.15, -0.1) is 0 Å². The predicted octanol–water partition coefficient (Wildman–Crippen LogP) is 4.28. The number of para-hydroxylation sites is 2. The molecule has 0 aliphatic rings. The molecule has 0 spiro atoms. The molecule has 0 saturated carbocycles. The van der Waals surface area contributed by atoms with Gasteiger partial charge in [0.05, 0.1) is 30.3 Å². The van der Waals surface area contributed by atoms with Gasteiger partial charge in [-0.3, -0.25) is 9.59 Å². The number of carboxylic acid groups (broad SMARTS) is 1. The maximum Gasteiger partial charge on any atom is 0.306 e. The molecule has 0 fully saturated rings. The Kier molecular flexibility index (Phi) is 7.24. The van der Waals surface area contributed by atoms with Crippen LogP contribution >= 0.6 is 11.6 Å². The fourth-order valence-corrected chi connectivity index (χ4v) is 3.32. The van der Waals surface area contributed by atoms with Crippen LogP contribution in [0.2, 0.25) is 5.02 Å². The van der Waals surface area contributed by atoms with E-state index in [0.29, 0.717) is 33.1 Å². The normalized spacial score (nSPS) is 10.1. The highest BCUT2D eigenvalue weighted by Gasteiger charge is 2.20. The molecule has 8 nitrogen and oxygen atoms in total. The van der Waals surface area contributed by atoms with E-state index in [1.165, 1.54) is 17.2 Å². The van der Waals surface area contributed by atoms with Gasteiger partial charge in [0, 0.05) is 35.0 Å². The number of carboxylic acids is 1. The van der Waals surface area contributed by atoms with Crippen molar-refractivity contribution in [3.63, 3.8) is 0 Å². The summed E-state index contributed by atoms with van der Waals surface area (Å²) in [7, 11) is 1.57. The van der Waals surface area contributed by atoms with Crippen LogP contribution in [0.5, 0.6) is 5.75 Å². The molecular formula is C24H17ClN4O4. The Morgan fingerprint density at radius 3 is 2.58 bits per heavy atom. The number of carbonyl (C=O) groups is 2. The van der Waals surface area contributed by atoms with E-state index in [-0.39, 0.29) is 30.2 Å². The largest absolute Gasteiger partial charge is 0.491 e. The van der Waals surface area contributed by atoms with Crippen molar-refractivity contribution >= 4 is 29.2 Å². The third-order valence-corrected chi connectivity index (χ3v) is 5.08. The van der Waals surface area contributed by atoms with Gasteiger partial charge in [0.2, 0.25) is 0 Å². The van der Waals surface area contributed by atoms with Gasteiger partial charge in [0.1, 0.15) is 17.5 Å². The number of halogens is 1. The lowest BCUT2D eigenvalue weighted by Crippen LogP contribution is -2.27. The summed E-state index contributed by atoms with van der Waals surface area (Å²) in [6.45, 7) is -0.0396. The molecule has 1 amide bonds. The molecule has 1 N–H and O–H groups in total. The maximum absolute atomic E-state index is 13.2. The molecule has 33 heavy (non-hydrogen) atoms. The molecule has 9 heteroatoms. The van der Waals surface area contributed by atoms with E-state index in [9.17, 15) is 14.9 Å². The van der Waals surface area contributed by atoms with Crippen molar-refractivity contribution in [1.29, 1.82) is 10.5 Å². The van der Waals surface area contributed by atoms with E-state index < -0.39 is 5.97 Å².